The Morgan fingerprint density at radius 2 is 2.31 bits per heavy atom. The van der Waals surface area contributed by atoms with E-state index in [1.807, 2.05) is 0 Å². The van der Waals surface area contributed by atoms with E-state index in [4.69, 9.17) is 5.11 Å². The number of hydrogen-bond acceptors (Lipinski definition) is 1. The van der Waals surface area contributed by atoms with Crippen LogP contribution in [0.5, 0.6) is 0 Å². The van der Waals surface area contributed by atoms with Gasteiger partial charge in [-0.2, -0.15) is 0 Å². The summed E-state index contributed by atoms with van der Waals surface area (Å²) >= 11 is 3.48. The van der Waals surface area contributed by atoms with E-state index in [0.717, 1.165) is 30.2 Å². The van der Waals surface area contributed by atoms with Crippen molar-refractivity contribution in [3.63, 3.8) is 0 Å². The largest absolute Gasteiger partial charge is 0.481 e. The molecule has 1 aromatic rings. The average molecular weight is 281 g/mol. The second-order valence-electron chi connectivity index (χ2n) is 4.91. The fourth-order valence-corrected chi connectivity index (χ4v) is 3.52. The van der Waals surface area contributed by atoms with Gasteiger partial charge in [0.05, 0.1) is 5.92 Å². The number of halogens is 1. The van der Waals surface area contributed by atoms with Gasteiger partial charge in [0.25, 0.3) is 0 Å². The number of aryl methyl sites for hydroxylation is 1. The summed E-state index contributed by atoms with van der Waals surface area (Å²) in [5, 5.41) is 9.15. The first-order valence-electron chi connectivity index (χ1n) is 5.65. The number of carbonyl (C=O) groups is 1. The monoisotopic (exact) mass is 280 g/mol. The molecular formula is C13H13BrO2. The fraction of sp³-hybridized carbons (Fsp3) is 0.462. The zero-order valence-corrected chi connectivity index (χ0v) is 10.5. The van der Waals surface area contributed by atoms with Gasteiger partial charge >= 0.3 is 5.97 Å². The van der Waals surface area contributed by atoms with Crippen molar-refractivity contribution in [1.29, 1.82) is 0 Å². The van der Waals surface area contributed by atoms with Crippen LogP contribution in [-0.4, -0.2) is 11.1 Å². The Morgan fingerprint density at radius 3 is 3.00 bits per heavy atom. The molecule has 0 heterocycles. The van der Waals surface area contributed by atoms with E-state index in [-0.39, 0.29) is 11.3 Å². The Morgan fingerprint density at radius 1 is 1.50 bits per heavy atom. The molecule has 0 bridgehead atoms. The molecule has 3 heteroatoms. The van der Waals surface area contributed by atoms with E-state index in [9.17, 15) is 4.79 Å². The predicted octanol–water partition coefficient (Wildman–Crippen LogP) is 3.13. The molecule has 0 saturated heterocycles. The molecule has 2 atom stereocenters. The topological polar surface area (TPSA) is 37.3 Å². The molecule has 2 aliphatic rings. The van der Waals surface area contributed by atoms with Crippen LogP contribution >= 0.6 is 15.9 Å². The molecule has 2 nitrogen and oxygen atoms in total. The van der Waals surface area contributed by atoms with E-state index in [1.165, 1.54) is 11.1 Å². The number of aliphatic carboxylic acids is 1. The Bertz CT molecular complexity index is 469. The Balaban J connectivity index is 2.07. The molecule has 1 N–H and O–H groups in total. The summed E-state index contributed by atoms with van der Waals surface area (Å²) in [6.45, 7) is 0. The molecule has 1 fully saturated rings. The molecule has 84 valence electrons. The summed E-state index contributed by atoms with van der Waals surface area (Å²) in [6, 6.07) is 6.31. The van der Waals surface area contributed by atoms with E-state index in [0.29, 0.717) is 0 Å². The minimum atomic E-state index is -0.632. The van der Waals surface area contributed by atoms with Crippen molar-refractivity contribution >= 4 is 21.9 Å². The van der Waals surface area contributed by atoms with Crippen LogP contribution in [0, 0.1) is 5.92 Å². The smallest absolute Gasteiger partial charge is 0.307 e. The SMILES string of the molecule is O=C(O)[C@@H]1C[C@]12CCCc1ccc(Br)cc12. The summed E-state index contributed by atoms with van der Waals surface area (Å²) in [5.74, 6) is -0.784. The van der Waals surface area contributed by atoms with Crippen LogP contribution in [0.15, 0.2) is 22.7 Å². The lowest BCUT2D eigenvalue weighted by molar-refractivity contribution is -0.139. The van der Waals surface area contributed by atoms with Gasteiger partial charge < -0.3 is 5.11 Å². The van der Waals surface area contributed by atoms with Gasteiger partial charge in [0.2, 0.25) is 0 Å². The highest BCUT2D eigenvalue weighted by Crippen LogP contribution is 2.60. The standard InChI is InChI=1S/C13H13BrO2/c14-9-4-3-8-2-1-5-13(10(8)6-9)7-11(13)12(15)16/h3-4,6,11H,1-2,5,7H2,(H,15,16)/t11-,13-/m0/s1. The third-order valence-electron chi connectivity index (χ3n) is 4.05. The van der Waals surface area contributed by atoms with E-state index < -0.39 is 5.97 Å². The van der Waals surface area contributed by atoms with Gasteiger partial charge in [0.15, 0.2) is 0 Å². The second-order valence-corrected chi connectivity index (χ2v) is 5.82. The van der Waals surface area contributed by atoms with Gasteiger partial charge in [-0.15, -0.1) is 0 Å². The molecule has 1 aromatic carbocycles. The highest BCUT2D eigenvalue weighted by atomic mass is 79.9. The van der Waals surface area contributed by atoms with Crippen LogP contribution in [0.4, 0.5) is 0 Å². The van der Waals surface area contributed by atoms with Crippen LogP contribution in [0.3, 0.4) is 0 Å². The maximum atomic E-state index is 11.1. The number of benzene rings is 1. The minimum Gasteiger partial charge on any atom is -0.481 e. The number of hydrogen-bond donors (Lipinski definition) is 1. The molecule has 16 heavy (non-hydrogen) atoms. The van der Waals surface area contributed by atoms with Crippen molar-refractivity contribution in [2.45, 2.75) is 31.1 Å². The summed E-state index contributed by atoms with van der Waals surface area (Å²) in [5.41, 5.74) is 2.59. The highest BCUT2D eigenvalue weighted by Gasteiger charge is 2.60. The summed E-state index contributed by atoms with van der Waals surface area (Å²) in [4.78, 5) is 11.1. The average Bonchev–Trinajstić information content (AvgIpc) is 2.96. The molecule has 0 unspecified atom stereocenters. The third kappa shape index (κ3) is 1.34. The summed E-state index contributed by atoms with van der Waals surface area (Å²) in [6.07, 6.45) is 4.08. The normalized spacial score (nSPS) is 31.2. The first kappa shape index (κ1) is 10.3. The second kappa shape index (κ2) is 3.33. The van der Waals surface area contributed by atoms with Gasteiger partial charge in [-0.1, -0.05) is 22.0 Å². The number of carboxylic acids is 1. The zero-order valence-electron chi connectivity index (χ0n) is 8.87. The van der Waals surface area contributed by atoms with Crippen molar-refractivity contribution in [3.8, 4) is 0 Å². The fourth-order valence-electron chi connectivity index (χ4n) is 3.16. The Labute approximate surface area is 103 Å². The van der Waals surface area contributed by atoms with E-state index >= 15 is 0 Å². The molecule has 2 aliphatic carbocycles. The van der Waals surface area contributed by atoms with Crippen molar-refractivity contribution in [1.82, 2.24) is 0 Å². The third-order valence-corrected chi connectivity index (χ3v) is 4.54. The molecule has 0 aromatic heterocycles. The summed E-state index contributed by atoms with van der Waals surface area (Å²) in [7, 11) is 0. The molecule has 0 amide bonds. The van der Waals surface area contributed by atoms with Crippen molar-refractivity contribution < 1.29 is 9.90 Å². The van der Waals surface area contributed by atoms with Crippen molar-refractivity contribution in [3.05, 3.63) is 33.8 Å². The molecule has 0 aliphatic heterocycles. The van der Waals surface area contributed by atoms with Crippen LogP contribution in [0.1, 0.15) is 30.4 Å². The van der Waals surface area contributed by atoms with Gasteiger partial charge in [0, 0.05) is 9.89 Å². The minimum absolute atomic E-state index is 0.0385. The van der Waals surface area contributed by atoms with Gasteiger partial charge in [-0.3, -0.25) is 4.79 Å². The number of carboxylic acid groups (broad SMARTS) is 1. The van der Waals surface area contributed by atoms with Gasteiger partial charge in [-0.05, 0) is 48.9 Å². The maximum absolute atomic E-state index is 11.1. The highest BCUT2D eigenvalue weighted by molar-refractivity contribution is 9.10. The zero-order chi connectivity index (χ0) is 11.3. The first-order valence-corrected chi connectivity index (χ1v) is 6.44. The molecule has 1 spiro atoms. The number of fused-ring (bicyclic) bond motifs is 2. The Hall–Kier alpha value is -0.830. The quantitative estimate of drug-likeness (QED) is 0.858. The van der Waals surface area contributed by atoms with Crippen molar-refractivity contribution in [2.24, 2.45) is 5.92 Å². The van der Waals surface area contributed by atoms with Crippen LogP contribution < -0.4 is 0 Å². The lowest BCUT2D eigenvalue weighted by Crippen LogP contribution is -2.21. The maximum Gasteiger partial charge on any atom is 0.307 e. The first-order chi connectivity index (χ1) is 7.63. The van der Waals surface area contributed by atoms with Crippen LogP contribution in [0.25, 0.3) is 0 Å². The van der Waals surface area contributed by atoms with Crippen molar-refractivity contribution in [2.75, 3.05) is 0 Å². The molecule has 0 radical (unpaired) electrons. The lowest BCUT2D eigenvalue weighted by Gasteiger charge is -2.26. The van der Waals surface area contributed by atoms with E-state index in [2.05, 4.69) is 34.1 Å². The lowest BCUT2D eigenvalue weighted by atomic mass is 9.79. The predicted molar refractivity (Wildman–Crippen MR) is 64.5 cm³/mol. The number of rotatable bonds is 1. The van der Waals surface area contributed by atoms with Crippen LogP contribution in [0.2, 0.25) is 0 Å². The molecular weight excluding hydrogens is 268 g/mol. The molecule has 3 rings (SSSR count). The van der Waals surface area contributed by atoms with E-state index in [1.54, 1.807) is 0 Å². The Kier molecular flexibility index (Phi) is 2.15. The summed E-state index contributed by atoms with van der Waals surface area (Å²) < 4.78 is 1.06. The molecule has 1 saturated carbocycles. The van der Waals surface area contributed by atoms with Gasteiger partial charge in [0.1, 0.15) is 0 Å². The van der Waals surface area contributed by atoms with Gasteiger partial charge in [-0.25, -0.2) is 0 Å². The van der Waals surface area contributed by atoms with Crippen LogP contribution in [-0.2, 0) is 16.6 Å².